The zero-order valence-electron chi connectivity index (χ0n) is 11.9. The van der Waals surface area contributed by atoms with Crippen molar-refractivity contribution in [3.8, 4) is 0 Å². The molecule has 1 saturated heterocycles. The van der Waals surface area contributed by atoms with Crippen molar-refractivity contribution in [1.82, 2.24) is 10.2 Å². The van der Waals surface area contributed by atoms with Gasteiger partial charge < -0.3 is 15.0 Å². The minimum Gasteiger partial charge on any atom is -0.375 e. The summed E-state index contributed by atoms with van der Waals surface area (Å²) in [5, 5.41) is 3.09. The first-order valence-electron chi connectivity index (χ1n) is 6.53. The lowest BCUT2D eigenvalue weighted by molar-refractivity contribution is -0.138. The zero-order chi connectivity index (χ0) is 14.7. The van der Waals surface area contributed by atoms with E-state index in [1.165, 1.54) is 17.0 Å². The Balaban J connectivity index is 0.00000220. The molecule has 1 heterocycles. The van der Waals surface area contributed by atoms with Crippen LogP contribution in [0.15, 0.2) is 18.2 Å². The van der Waals surface area contributed by atoms with Gasteiger partial charge in [-0.2, -0.15) is 0 Å². The number of morpholine rings is 1. The van der Waals surface area contributed by atoms with Gasteiger partial charge in [-0.3, -0.25) is 4.79 Å². The van der Waals surface area contributed by atoms with Crippen LogP contribution in [0, 0.1) is 11.6 Å². The lowest BCUT2D eigenvalue weighted by atomic mass is 10.1. The van der Waals surface area contributed by atoms with Crippen LogP contribution in [-0.2, 0) is 16.1 Å². The third-order valence-corrected chi connectivity index (χ3v) is 3.38. The minimum atomic E-state index is -0.648. The van der Waals surface area contributed by atoms with Crippen LogP contribution < -0.4 is 5.32 Å². The molecule has 21 heavy (non-hydrogen) atoms. The monoisotopic (exact) mass is 320 g/mol. The second kappa shape index (κ2) is 7.68. The van der Waals surface area contributed by atoms with E-state index in [-0.39, 0.29) is 36.5 Å². The summed E-state index contributed by atoms with van der Waals surface area (Å²) >= 11 is 0. The van der Waals surface area contributed by atoms with Gasteiger partial charge in [0.05, 0.1) is 12.7 Å². The van der Waals surface area contributed by atoms with Crippen LogP contribution in [-0.4, -0.2) is 43.2 Å². The Morgan fingerprint density at radius 2 is 2.19 bits per heavy atom. The van der Waals surface area contributed by atoms with Gasteiger partial charge in [0.2, 0.25) is 5.91 Å². The Kier molecular flexibility index (Phi) is 6.51. The van der Waals surface area contributed by atoms with Gasteiger partial charge in [-0.25, -0.2) is 8.78 Å². The molecular weight excluding hydrogens is 302 g/mol. The van der Waals surface area contributed by atoms with E-state index in [4.69, 9.17) is 4.74 Å². The van der Waals surface area contributed by atoms with Crippen LogP contribution in [0.1, 0.15) is 12.5 Å². The largest absolute Gasteiger partial charge is 0.375 e. The number of hydrogen-bond acceptors (Lipinski definition) is 3. The molecule has 1 N–H and O–H groups in total. The number of ether oxygens (including phenoxy) is 1. The smallest absolute Gasteiger partial charge is 0.242 e. The average Bonchev–Trinajstić information content (AvgIpc) is 2.41. The quantitative estimate of drug-likeness (QED) is 0.922. The fourth-order valence-corrected chi connectivity index (χ4v) is 2.23. The van der Waals surface area contributed by atoms with Gasteiger partial charge in [-0.1, -0.05) is 6.07 Å². The maximum Gasteiger partial charge on any atom is 0.242 e. The van der Waals surface area contributed by atoms with Crippen molar-refractivity contribution in [2.24, 2.45) is 0 Å². The molecule has 1 fully saturated rings. The lowest BCUT2D eigenvalue weighted by Gasteiger charge is -2.32. The molecule has 1 aromatic rings. The predicted molar refractivity (Wildman–Crippen MR) is 77.3 cm³/mol. The molecule has 0 unspecified atom stereocenters. The first kappa shape index (κ1) is 17.8. The molecule has 4 nitrogen and oxygen atoms in total. The Bertz CT molecular complexity index is 502. The highest BCUT2D eigenvalue weighted by molar-refractivity contribution is 5.85. The summed E-state index contributed by atoms with van der Waals surface area (Å²) in [6.45, 7) is 3.09. The molecule has 0 aromatic heterocycles. The molecule has 0 saturated carbocycles. The molecule has 1 aliphatic rings. The summed E-state index contributed by atoms with van der Waals surface area (Å²) in [6.07, 6.45) is -0.225. The van der Waals surface area contributed by atoms with Crippen molar-refractivity contribution in [2.75, 3.05) is 20.2 Å². The topological polar surface area (TPSA) is 41.6 Å². The first-order valence-corrected chi connectivity index (χ1v) is 6.53. The van der Waals surface area contributed by atoms with Crippen molar-refractivity contribution < 1.29 is 18.3 Å². The Hall–Kier alpha value is -1.24. The standard InChI is InChI=1S/C14H18F2N2O2.ClH/c1-9-13(17-5-6-20-9)14(19)18(2)8-10-3-4-11(15)7-12(10)16;/h3-4,7,9,13,17H,5-6,8H2,1-2H3;1H/t9-,13+;/m1./s1. The van der Waals surface area contributed by atoms with Gasteiger partial charge >= 0.3 is 0 Å². The Labute approximate surface area is 128 Å². The summed E-state index contributed by atoms with van der Waals surface area (Å²) in [4.78, 5) is 13.7. The number of hydrogen-bond donors (Lipinski definition) is 1. The number of benzene rings is 1. The highest BCUT2D eigenvalue weighted by Gasteiger charge is 2.30. The third kappa shape index (κ3) is 4.36. The molecule has 7 heteroatoms. The summed E-state index contributed by atoms with van der Waals surface area (Å²) in [7, 11) is 1.59. The van der Waals surface area contributed by atoms with E-state index in [0.29, 0.717) is 13.2 Å². The third-order valence-electron chi connectivity index (χ3n) is 3.38. The van der Waals surface area contributed by atoms with Crippen LogP contribution in [0.2, 0.25) is 0 Å². The van der Waals surface area contributed by atoms with Crippen LogP contribution >= 0.6 is 12.4 Å². The van der Waals surface area contributed by atoms with Crippen LogP contribution in [0.5, 0.6) is 0 Å². The fourth-order valence-electron chi connectivity index (χ4n) is 2.23. The summed E-state index contributed by atoms with van der Waals surface area (Å²) in [6, 6.07) is 2.92. The number of nitrogens with zero attached hydrogens (tertiary/aromatic N) is 1. The number of carbonyl (C=O) groups excluding carboxylic acids is 1. The maximum absolute atomic E-state index is 13.6. The number of nitrogens with one attached hydrogen (secondary N) is 1. The van der Waals surface area contributed by atoms with Gasteiger partial charge in [0.1, 0.15) is 17.7 Å². The summed E-state index contributed by atoms with van der Waals surface area (Å²) in [5.74, 6) is -1.44. The van der Waals surface area contributed by atoms with Gasteiger partial charge in [0.15, 0.2) is 0 Å². The van der Waals surface area contributed by atoms with Gasteiger partial charge in [0, 0.05) is 31.8 Å². The van der Waals surface area contributed by atoms with Crippen molar-refractivity contribution in [3.05, 3.63) is 35.4 Å². The van der Waals surface area contributed by atoms with E-state index in [1.807, 2.05) is 6.92 Å². The van der Waals surface area contributed by atoms with E-state index in [2.05, 4.69) is 5.32 Å². The number of likely N-dealkylation sites (N-methyl/N-ethyl adjacent to an activating group) is 1. The SMILES string of the molecule is C[C@H]1OCCN[C@@H]1C(=O)N(C)Cc1ccc(F)cc1F.Cl. The minimum absolute atomic E-state index is 0. The Morgan fingerprint density at radius 1 is 1.48 bits per heavy atom. The zero-order valence-corrected chi connectivity index (χ0v) is 12.8. The number of carbonyl (C=O) groups is 1. The van der Waals surface area contributed by atoms with E-state index in [1.54, 1.807) is 7.05 Å². The molecule has 0 radical (unpaired) electrons. The molecule has 1 aromatic carbocycles. The molecule has 1 aliphatic heterocycles. The highest BCUT2D eigenvalue weighted by atomic mass is 35.5. The fraction of sp³-hybridized carbons (Fsp3) is 0.500. The van der Waals surface area contributed by atoms with Crippen molar-refractivity contribution in [2.45, 2.75) is 25.6 Å². The molecule has 2 rings (SSSR count). The maximum atomic E-state index is 13.6. The molecule has 118 valence electrons. The number of amides is 1. The predicted octanol–water partition coefficient (Wildman–Crippen LogP) is 1.72. The number of rotatable bonds is 3. The molecule has 0 aliphatic carbocycles. The van der Waals surface area contributed by atoms with E-state index >= 15 is 0 Å². The van der Waals surface area contributed by atoms with Crippen molar-refractivity contribution in [3.63, 3.8) is 0 Å². The molecule has 0 spiro atoms. The van der Waals surface area contributed by atoms with Crippen LogP contribution in [0.25, 0.3) is 0 Å². The second-order valence-corrected chi connectivity index (χ2v) is 4.94. The second-order valence-electron chi connectivity index (χ2n) is 4.94. The normalized spacial score (nSPS) is 21.5. The van der Waals surface area contributed by atoms with Gasteiger partial charge in [0.25, 0.3) is 0 Å². The average molecular weight is 321 g/mol. The van der Waals surface area contributed by atoms with Crippen LogP contribution in [0.4, 0.5) is 8.78 Å². The van der Waals surface area contributed by atoms with Gasteiger partial charge in [-0.05, 0) is 13.0 Å². The lowest BCUT2D eigenvalue weighted by Crippen LogP contribution is -2.55. The first-order chi connectivity index (χ1) is 9.49. The van der Waals surface area contributed by atoms with Gasteiger partial charge in [-0.15, -0.1) is 12.4 Å². The van der Waals surface area contributed by atoms with E-state index in [0.717, 1.165) is 6.07 Å². The summed E-state index contributed by atoms with van der Waals surface area (Å²) < 4.78 is 31.8. The van der Waals surface area contributed by atoms with Crippen molar-refractivity contribution in [1.29, 1.82) is 0 Å². The van der Waals surface area contributed by atoms with E-state index in [9.17, 15) is 13.6 Å². The molecule has 2 atom stereocenters. The Morgan fingerprint density at radius 3 is 2.81 bits per heavy atom. The number of halogens is 3. The molecular formula is C14H19ClF2N2O2. The molecule has 1 amide bonds. The molecule has 0 bridgehead atoms. The summed E-state index contributed by atoms with van der Waals surface area (Å²) in [5.41, 5.74) is 0.284. The van der Waals surface area contributed by atoms with E-state index < -0.39 is 17.7 Å². The highest BCUT2D eigenvalue weighted by Crippen LogP contribution is 2.13. The van der Waals surface area contributed by atoms with Crippen molar-refractivity contribution >= 4 is 18.3 Å². The van der Waals surface area contributed by atoms with Crippen LogP contribution in [0.3, 0.4) is 0 Å².